The predicted octanol–water partition coefficient (Wildman–Crippen LogP) is 3.04. The number of hydrogen-bond donors (Lipinski definition) is 1. The number of nitrogens with one attached hydrogen (secondary N) is 1. The monoisotopic (exact) mass is 253 g/mol. The predicted molar refractivity (Wildman–Crippen MR) is 66.6 cm³/mol. The van der Waals surface area contributed by atoms with Crippen LogP contribution in [0.4, 0.5) is 0 Å². The zero-order valence-corrected chi connectivity index (χ0v) is 10.4. The van der Waals surface area contributed by atoms with Gasteiger partial charge in [0.25, 0.3) is 0 Å². The van der Waals surface area contributed by atoms with Crippen LogP contribution in [-0.4, -0.2) is 9.97 Å². The maximum absolute atomic E-state index is 5.81. The molecule has 1 atom stereocenters. The average Bonchev–Trinajstić information content (AvgIpc) is 2.73. The minimum absolute atomic E-state index is 0.283. The Labute approximate surface area is 104 Å². The van der Waals surface area contributed by atoms with E-state index >= 15 is 0 Å². The number of pyridine rings is 1. The van der Waals surface area contributed by atoms with Gasteiger partial charge in [-0.05, 0) is 24.6 Å². The van der Waals surface area contributed by atoms with Crippen LogP contribution >= 0.6 is 22.9 Å². The molecule has 0 spiro atoms. The molecule has 0 amide bonds. The largest absolute Gasteiger partial charge is 0.304 e. The lowest BCUT2D eigenvalue weighted by Gasteiger charge is -2.12. The smallest absolute Gasteiger partial charge is 0.113 e. The van der Waals surface area contributed by atoms with Crippen molar-refractivity contribution in [2.24, 2.45) is 0 Å². The van der Waals surface area contributed by atoms with E-state index in [-0.39, 0.29) is 6.04 Å². The molecule has 0 unspecified atom stereocenters. The number of thiazole rings is 1. The number of rotatable bonds is 4. The third kappa shape index (κ3) is 3.01. The first-order chi connectivity index (χ1) is 7.75. The van der Waals surface area contributed by atoms with Gasteiger partial charge in [0.2, 0.25) is 0 Å². The molecule has 0 aliphatic heterocycles. The molecule has 0 bridgehead atoms. The second-order valence-corrected chi connectivity index (χ2v) is 5.19. The molecular weight excluding hydrogens is 242 g/mol. The zero-order chi connectivity index (χ0) is 11.4. The van der Waals surface area contributed by atoms with Crippen LogP contribution in [0.25, 0.3) is 0 Å². The van der Waals surface area contributed by atoms with Crippen LogP contribution < -0.4 is 5.32 Å². The van der Waals surface area contributed by atoms with Crippen LogP contribution in [0.15, 0.2) is 30.7 Å². The van der Waals surface area contributed by atoms with Gasteiger partial charge < -0.3 is 5.32 Å². The summed E-state index contributed by atoms with van der Waals surface area (Å²) in [5.41, 5.74) is 1.22. The lowest BCUT2D eigenvalue weighted by atomic mass is 10.1. The summed E-state index contributed by atoms with van der Waals surface area (Å²) in [7, 11) is 0. The second kappa shape index (κ2) is 5.39. The molecule has 0 saturated carbocycles. The fraction of sp³-hybridized carbons (Fsp3) is 0.273. The molecule has 84 valence electrons. The molecule has 2 heterocycles. The third-order valence-corrected chi connectivity index (χ3v) is 3.41. The van der Waals surface area contributed by atoms with Gasteiger partial charge in [-0.15, -0.1) is 11.3 Å². The van der Waals surface area contributed by atoms with Crippen molar-refractivity contribution in [3.8, 4) is 0 Å². The third-order valence-electron chi connectivity index (χ3n) is 2.29. The lowest BCUT2D eigenvalue weighted by Crippen LogP contribution is -2.17. The summed E-state index contributed by atoms with van der Waals surface area (Å²) in [6, 6.07) is 4.30. The summed E-state index contributed by atoms with van der Waals surface area (Å²) < 4.78 is 0.730. The highest BCUT2D eigenvalue weighted by atomic mass is 35.5. The highest BCUT2D eigenvalue weighted by Crippen LogP contribution is 2.19. The molecule has 0 fully saturated rings. The molecule has 5 heteroatoms. The Morgan fingerprint density at radius 2 is 2.19 bits per heavy atom. The first kappa shape index (κ1) is 11.5. The molecule has 1 N–H and O–H groups in total. The number of halogens is 1. The van der Waals surface area contributed by atoms with Gasteiger partial charge in [0.15, 0.2) is 0 Å². The van der Waals surface area contributed by atoms with Gasteiger partial charge in [0.1, 0.15) is 9.34 Å². The van der Waals surface area contributed by atoms with Crippen LogP contribution in [0.5, 0.6) is 0 Å². The molecule has 16 heavy (non-hydrogen) atoms. The molecule has 0 aliphatic rings. The van der Waals surface area contributed by atoms with Crippen LogP contribution in [0.2, 0.25) is 4.34 Å². The maximum Gasteiger partial charge on any atom is 0.113 e. The van der Waals surface area contributed by atoms with Crippen molar-refractivity contribution in [3.05, 3.63) is 45.6 Å². The first-order valence-corrected chi connectivity index (χ1v) is 6.18. The number of hydrogen-bond acceptors (Lipinski definition) is 4. The Bertz CT molecular complexity index is 444. The number of aromatic nitrogens is 2. The molecule has 0 aromatic carbocycles. The highest BCUT2D eigenvalue weighted by Gasteiger charge is 2.05. The Kier molecular flexibility index (Phi) is 3.88. The zero-order valence-electron chi connectivity index (χ0n) is 8.85. The highest BCUT2D eigenvalue weighted by molar-refractivity contribution is 7.15. The Balaban J connectivity index is 1.91. The fourth-order valence-electron chi connectivity index (χ4n) is 1.38. The van der Waals surface area contributed by atoms with Gasteiger partial charge in [0, 0.05) is 25.0 Å². The van der Waals surface area contributed by atoms with E-state index in [1.807, 2.05) is 12.1 Å². The topological polar surface area (TPSA) is 37.8 Å². The Morgan fingerprint density at radius 1 is 1.44 bits per heavy atom. The van der Waals surface area contributed by atoms with Gasteiger partial charge in [-0.1, -0.05) is 11.6 Å². The van der Waals surface area contributed by atoms with Gasteiger partial charge in [-0.3, -0.25) is 4.98 Å². The summed E-state index contributed by atoms with van der Waals surface area (Å²) in [6.07, 6.45) is 5.28. The Hall–Kier alpha value is -0.970. The summed E-state index contributed by atoms with van der Waals surface area (Å²) in [6.45, 7) is 2.85. The van der Waals surface area contributed by atoms with Gasteiger partial charge >= 0.3 is 0 Å². The summed E-state index contributed by atoms with van der Waals surface area (Å²) in [4.78, 5) is 8.19. The van der Waals surface area contributed by atoms with Gasteiger partial charge in [-0.2, -0.15) is 0 Å². The minimum Gasteiger partial charge on any atom is -0.304 e. The van der Waals surface area contributed by atoms with Crippen LogP contribution in [0.1, 0.15) is 23.5 Å². The molecule has 0 saturated heterocycles. The molecule has 2 aromatic heterocycles. The average molecular weight is 254 g/mol. The van der Waals surface area contributed by atoms with E-state index in [0.29, 0.717) is 0 Å². The summed E-state index contributed by atoms with van der Waals surface area (Å²) in [5, 5.41) is 4.40. The first-order valence-electron chi connectivity index (χ1n) is 4.99. The molecule has 3 nitrogen and oxygen atoms in total. The fourth-order valence-corrected chi connectivity index (χ4v) is 2.29. The molecule has 0 radical (unpaired) electrons. The van der Waals surface area contributed by atoms with E-state index in [0.717, 1.165) is 15.9 Å². The standard InChI is InChI=1S/C11H12ClN3S/c1-8(9-2-4-13-5-3-9)14-7-11-15-6-10(12)16-11/h2-6,8,14H,7H2,1H3/t8-/m0/s1. The van der Waals surface area contributed by atoms with E-state index in [1.54, 1.807) is 18.6 Å². The normalized spacial score (nSPS) is 12.6. The van der Waals surface area contributed by atoms with E-state index in [1.165, 1.54) is 16.9 Å². The quantitative estimate of drug-likeness (QED) is 0.910. The van der Waals surface area contributed by atoms with Gasteiger partial charge in [0.05, 0.1) is 6.20 Å². The van der Waals surface area contributed by atoms with Crippen LogP contribution in [0.3, 0.4) is 0 Å². The molecule has 2 aromatic rings. The molecule has 2 rings (SSSR count). The minimum atomic E-state index is 0.283. The van der Waals surface area contributed by atoms with E-state index in [2.05, 4.69) is 22.2 Å². The van der Waals surface area contributed by atoms with Crippen molar-refractivity contribution < 1.29 is 0 Å². The maximum atomic E-state index is 5.81. The van der Waals surface area contributed by atoms with Crippen LogP contribution in [-0.2, 0) is 6.54 Å². The Morgan fingerprint density at radius 3 is 2.81 bits per heavy atom. The summed E-state index contributed by atoms with van der Waals surface area (Å²) >= 11 is 7.32. The van der Waals surface area contributed by atoms with Crippen LogP contribution in [0, 0.1) is 0 Å². The van der Waals surface area contributed by atoms with Crippen molar-refractivity contribution in [2.45, 2.75) is 19.5 Å². The SMILES string of the molecule is C[C@H](NCc1ncc(Cl)s1)c1ccncc1. The van der Waals surface area contributed by atoms with Crippen molar-refractivity contribution in [1.82, 2.24) is 15.3 Å². The summed E-state index contributed by atoms with van der Waals surface area (Å²) in [5.74, 6) is 0. The second-order valence-electron chi connectivity index (χ2n) is 3.44. The van der Waals surface area contributed by atoms with E-state index in [4.69, 9.17) is 11.6 Å². The van der Waals surface area contributed by atoms with E-state index < -0.39 is 0 Å². The van der Waals surface area contributed by atoms with Crippen molar-refractivity contribution in [3.63, 3.8) is 0 Å². The van der Waals surface area contributed by atoms with Crippen molar-refractivity contribution >= 4 is 22.9 Å². The van der Waals surface area contributed by atoms with Crippen molar-refractivity contribution in [1.29, 1.82) is 0 Å². The van der Waals surface area contributed by atoms with Crippen molar-refractivity contribution in [2.75, 3.05) is 0 Å². The molecular formula is C11H12ClN3S. The molecule has 0 aliphatic carbocycles. The van der Waals surface area contributed by atoms with E-state index in [9.17, 15) is 0 Å². The van der Waals surface area contributed by atoms with Gasteiger partial charge in [-0.25, -0.2) is 4.98 Å². The number of nitrogens with zero attached hydrogens (tertiary/aromatic N) is 2. The lowest BCUT2D eigenvalue weighted by molar-refractivity contribution is 0.572.